The molecule has 1 aromatic carbocycles. The maximum atomic E-state index is 15.0. The Labute approximate surface area is 228 Å². The Balaban J connectivity index is 1.48. The summed E-state index contributed by atoms with van der Waals surface area (Å²) in [4.78, 5) is 30.7. The van der Waals surface area contributed by atoms with Gasteiger partial charge < -0.3 is 14.1 Å². The Kier molecular flexibility index (Phi) is 7.12. The summed E-state index contributed by atoms with van der Waals surface area (Å²) in [6.45, 7) is 7.19. The summed E-state index contributed by atoms with van der Waals surface area (Å²) in [5.41, 5.74) is 1.36. The molecule has 2 fully saturated rings. The summed E-state index contributed by atoms with van der Waals surface area (Å²) in [5.74, 6) is -3.08. The predicted molar refractivity (Wildman–Crippen MR) is 137 cm³/mol. The number of aromatic nitrogens is 3. The molecule has 1 spiro atoms. The van der Waals surface area contributed by atoms with E-state index >= 15 is 0 Å². The van der Waals surface area contributed by atoms with Crippen LogP contribution in [-0.4, -0.2) is 60.7 Å². The van der Waals surface area contributed by atoms with Crippen LogP contribution in [0.2, 0.25) is 5.02 Å². The van der Waals surface area contributed by atoms with Crippen molar-refractivity contribution in [1.82, 2.24) is 24.8 Å². The average Bonchev–Trinajstić information content (AvgIpc) is 3.52. The summed E-state index contributed by atoms with van der Waals surface area (Å²) < 4.78 is 54.9. The van der Waals surface area contributed by atoms with Gasteiger partial charge in [0.25, 0.3) is 15.9 Å². The molecular weight excluding hydrogens is 553 g/mol. The van der Waals surface area contributed by atoms with Gasteiger partial charge in [-0.2, -0.15) is 4.72 Å². The zero-order chi connectivity index (χ0) is 28.1. The molecule has 2 unspecified atom stereocenters. The fourth-order valence-corrected chi connectivity index (χ4v) is 6.51. The monoisotopic (exact) mass is 579 g/mol. The van der Waals surface area contributed by atoms with Crippen LogP contribution in [0.15, 0.2) is 38.5 Å². The molecule has 2 saturated heterocycles. The number of rotatable bonds is 7. The van der Waals surface area contributed by atoms with Gasteiger partial charge in [0.15, 0.2) is 5.03 Å². The van der Waals surface area contributed by atoms with Crippen LogP contribution in [0.3, 0.4) is 0 Å². The second kappa shape index (κ2) is 10.1. The number of benzene rings is 1. The molecular formula is C25H27ClFN5O6S. The van der Waals surface area contributed by atoms with Crippen LogP contribution >= 0.6 is 11.6 Å². The van der Waals surface area contributed by atoms with Crippen molar-refractivity contribution in [3.05, 3.63) is 73.9 Å². The highest BCUT2D eigenvalue weighted by molar-refractivity contribution is 7.89. The molecule has 1 amide bonds. The highest BCUT2D eigenvalue weighted by Crippen LogP contribution is 2.38. The van der Waals surface area contributed by atoms with Crippen LogP contribution in [-0.2, 0) is 14.8 Å². The van der Waals surface area contributed by atoms with Crippen LogP contribution in [0, 0.1) is 25.1 Å². The van der Waals surface area contributed by atoms with Crippen molar-refractivity contribution in [2.24, 2.45) is 5.41 Å². The Morgan fingerprint density at radius 3 is 2.62 bits per heavy atom. The number of ether oxygens (including phenoxy) is 1. The Morgan fingerprint density at radius 2 is 2.00 bits per heavy atom. The van der Waals surface area contributed by atoms with Crippen molar-refractivity contribution in [2.45, 2.75) is 44.2 Å². The van der Waals surface area contributed by atoms with E-state index in [-0.39, 0.29) is 27.6 Å². The zero-order valence-corrected chi connectivity index (χ0v) is 23.0. The molecule has 4 heterocycles. The van der Waals surface area contributed by atoms with E-state index in [2.05, 4.69) is 19.9 Å². The van der Waals surface area contributed by atoms with Gasteiger partial charge in [-0.25, -0.2) is 27.7 Å². The molecule has 2 aliphatic heterocycles. The third-order valence-corrected chi connectivity index (χ3v) is 9.18. The third kappa shape index (κ3) is 5.11. The molecule has 2 atom stereocenters. The second-order valence-corrected chi connectivity index (χ2v) is 12.3. The minimum absolute atomic E-state index is 0.00503. The van der Waals surface area contributed by atoms with E-state index in [0.29, 0.717) is 31.9 Å². The number of sulfonamides is 1. The standard InChI is InChI=1S/C25H27ClFN5O6S/c1-13-4-6-17(27)19(14(13)2)15(3)20(22-29-30-24(34)38-22)31-39(35,36)18-7-5-16(26)21(28-18)23(33)32-9-8-25(10-32)11-37-12-25/h4-7,15,20,31H,8-12H2,1-3H3,(H,30,34). The lowest BCUT2D eigenvalue weighted by molar-refractivity contribution is -0.103. The fraction of sp³-hybridized carbons (Fsp3) is 0.440. The molecule has 208 valence electrons. The maximum absolute atomic E-state index is 15.0. The van der Waals surface area contributed by atoms with E-state index in [1.54, 1.807) is 31.7 Å². The summed E-state index contributed by atoms with van der Waals surface area (Å²) in [7, 11) is -4.45. The van der Waals surface area contributed by atoms with E-state index in [1.165, 1.54) is 12.1 Å². The highest BCUT2D eigenvalue weighted by Gasteiger charge is 2.46. The number of amides is 1. The number of likely N-dealkylation sites (tertiary alicyclic amines) is 1. The van der Waals surface area contributed by atoms with E-state index in [4.69, 9.17) is 20.8 Å². The van der Waals surface area contributed by atoms with Gasteiger partial charge in [-0.3, -0.25) is 4.79 Å². The molecule has 0 radical (unpaired) electrons. The molecule has 2 aromatic heterocycles. The third-order valence-electron chi connectivity index (χ3n) is 7.53. The lowest BCUT2D eigenvalue weighted by Gasteiger charge is -2.37. The van der Waals surface area contributed by atoms with Gasteiger partial charge in [0, 0.05) is 24.4 Å². The van der Waals surface area contributed by atoms with Crippen LogP contribution in [0.25, 0.3) is 0 Å². The summed E-state index contributed by atoms with van der Waals surface area (Å²) in [5, 5.41) is 5.43. The smallest absolute Gasteiger partial charge is 0.391 e. The fourth-order valence-electron chi connectivity index (χ4n) is 5.11. The average molecular weight is 580 g/mol. The molecule has 0 aliphatic carbocycles. The predicted octanol–water partition coefficient (Wildman–Crippen LogP) is 2.85. The van der Waals surface area contributed by atoms with E-state index in [9.17, 15) is 22.4 Å². The highest BCUT2D eigenvalue weighted by atomic mass is 35.5. The number of pyridine rings is 1. The number of halogens is 2. The van der Waals surface area contributed by atoms with Crippen molar-refractivity contribution in [2.75, 3.05) is 26.3 Å². The van der Waals surface area contributed by atoms with Gasteiger partial charge >= 0.3 is 5.76 Å². The first-order chi connectivity index (χ1) is 18.4. The van der Waals surface area contributed by atoms with Gasteiger partial charge in [0.05, 0.1) is 18.2 Å². The van der Waals surface area contributed by atoms with Gasteiger partial charge in [0.1, 0.15) is 17.6 Å². The molecule has 0 bridgehead atoms. The first-order valence-corrected chi connectivity index (χ1v) is 14.1. The Morgan fingerprint density at radius 1 is 1.26 bits per heavy atom. The SMILES string of the molecule is Cc1ccc(F)c(C(C)C(NS(=O)(=O)c2ccc(Cl)c(C(=O)N3CCC4(COC4)C3)n2)c2n[nH]c(=O)o2)c1C. The number of aryl methyl sites for hydroxylation is 1. The first kappa shape index (κ1) is 27.4. The Bertz CT molecular complexity index is 1600. The lowest BCUT2D eigenvalue weighted by Crippen LogP contribution is -2.45. The van der Waals surface area contributed by atoms with Crippen molar-refractivity contribution in [3.8, 4) is 0 Å². The van der Waals surface area contributed by atoms with Gasteiger partial charge in [-0.15, -0.1) is 5.10 Å². The molecule has 2 N–H and O–H groups in total. The minimum atomic E-state index is -4.45. The quantitative estimate of drug-likeness (QED) is 0.434. The molecule has 39 heavy (non-hydrogen) atoms. The van der Waals surface area contributed by atoms with E-state index in [1.807, 2.05) is 0 Å². The zero-order valence-electron chi connectivity index (χ0n) is 21.5. The van der Waals surface area contributed by atoms with Crippen LogP contribution in [0.1, 0.15) is 58.4 Å². The normalized spacial score (nSPS) is 18.2. The van der Waals surface area contributed by atoms with Gasteiger partial charge in [-0.05, 0) is 55.2 Å². The van der Waals surface area contributed by atoms with E-state index < -0.39 is 44.5 Å². The topological polar surface area (TPSA) is 147 Å². The first-order valence-electron chi connectivity index (χ1n) is 12.3. The maximum Gasteiger partial charge on any atom is 0.434 e. The van der Waals surface area contributed by atoms with Crippen molar-refractivity contribution in [3.63, 3.8) is 0 Å². The van der Waals surface area contributed by atoms with Crippen LogP contribution < -0.4 is 10.5 Å². The van der Waals surface area contributed by atoms with Crippen LogP contribution in [0.5, 0.6) is 0 Å². The van der Waals surface area contributed by atoms with Gasteiger partial charge in [-0.1, -0.05) is 24.6 Å². The summed E-state index contributed by atoms with van der Waals surface area (Å²) in [6.07, 6.45) is 0.777. The number of carbonyl (C=O) groups excluding carboxylic acids is 1. The molecule has 14 heteroatoms. The number of carbonyl (C=O) groups is 1. The minimum Gasteiger partial charge on any atom is -0.391 e. The van der Waals surface area contributed by atoms with Gasteiger partial charge in [0.2, 0.25) is 5.89 Å². The number of hydrogen-bond acceptors (Lipinski definition) is 8. The van der Waals surface area contributed by atoms with Crippen LogP contribution in [0.4, 0.5) is 4.39 Å². The number of H-pyrrole nitrogens is 1. The molecule has 2 aliphatic rings. The molecule has 0 saturated carbocycles. The largest absolute Gasteiger partial charge is 0.434 e. The number of nitrogens with zero attached hydrogens (tertiary/aromatic N) is 3. The van der Waals surface area contributed by atoms with E-state index in [0.717, 1.165) is 18.1 Å². The molecule has 11 nitrogen and oxygen atoms in total. The lowest BCUT2D eigenvalue weighted by atomic mass is 9.85. The summed E-state index contributed by atoms with van der Waals surface area (Å²) in [6, 6.07) is 4.06. The van der Waals surface area contributed by atoms with Crippen molar-refractivity contribution < 1.29 is 26.8 Å². The number of nitrogens with one attached hydrogen (secondary N) is 2. The molecule has 5 rings (SSSR count). The number of hydrogen-bond donors (Lipinski definition) is 2. The second-order valence-electron chi connectivity index (χ2n) is 10.2. The summed E-state index contributed by atoms with van der Waals surface area (Å²) >= 11 is 6.27. The number of aromatic amines is 1. The molecule has 3 aromatic rings. The van der Waals surface area contributed by atoms with Crippen molar-refractivity contribution >= 4 is 27.5 Å². The Hall–Kier alpha value is -3.13. The van der Waals surface area contributed by atoms with Crippen molar-refractivity contribution in [1.29, 1.82) is 0 Å².